The van der Waals surface area contributed by atoms with Gasteiger partial charge in [-0.25, -0.2) is 0 Å². The topological polar surface area (TPSA) is 50.9 Å². The highest BCUT2D eigenvalue weighted by Crippen LogP contribution is 2.36. The number of halogens is 1. The molecule has 0 spiro atoms. The Balaban J connectivity index is 2.01. The number of hydrogen-bond acceptors (Lipinski definition) is 4. The van der Waals surface area contributed by atoms with Crippen molar-refractivity contribution in [1.29, 1.82) is 0 Å². The highest BCUT2D eigenvalue weighted by molar-refractivity contribution is 6.33. The number of benzene rings is 2. The second-order valence-electron chi connectivity index (χ2n) is 4.81. The Kier molecular flexibility index (Phi) is 3.71. The van der Waals surface area contributed by atoms with Crippen molar-refractivity contribution in [2.75, 3.05) is 18.6 Å². The molecule has 0 radical (unpaired) electrons. The van der Waals surface area contributed by atoms with Crippen LogP contribution in [0.25, 0.3) is 0 Å². The van der Waals surface area contributed by atoms with E-state index in [4.69, 9.17) is 22.1 Å². The summed E-state index contributed by atoms with van der Waals surface area (Å²) in [5.74, 6) is 1.30. The molecule has 0 fully saturated rings. The molecule has 0 bridgehead atoms. The second kappa shape index (κ2) is 5.66. The van der Waals surface area contributed by atoms with Gasteiger partial charge < -0.3 is 15.4 Å². The molecule has 2 N–H and O–H groups in total. The molecule has 1 atom stereocenters. The average molecular weight is 302 g/mol. The van der Waals surface area contributed by atoms with E-state index < -0.39 is 0 Å². The zero-order valence-corrected chi connectivity index (χ0v) is 12.4. The zero-order chi connectivity index (χ0) is 14.8. The van der Waals surface area contributed by atoms with Crippen molar-refractivity contribution in [2.45, 2.75) is 6.04 Å². The number of para-hydroxylation sites is 1. The van der Waals surface area contributed by atoms with Crippen LogP contribution < -0.4 is 15.4 Å². The normalized spacial score (nSPS) is 17.7. The molecule has 2 aromatic rings. The van der Waals surface area contributed by atoms with Crippen molar-refractivity contribution in [2.24, 2.45) is 10.7 Å². The van der Waals surface area contributed by atoms with Crippen LogP contribution in [0.1, 0.15) is 11.6 Å². The lowest BCUT2D eigenvalue weighted by Crippen LogP contribution is -2.36. The SMILES string of the molecule is COc1cccc(C2CN=C(N)N2c2ccccc2Cl)c1. The van der Waals surface area contributed by atoms with Crippen LogP contribution in [0, 0.1) is 0 Å². The molecule has 1 aliphatic rings. The molecule has 3 rings (SSSR count). The third-order valence-electron chi connectivity index (χ3n) is 3.58. The lowest BCUT2D eigenvalue weighted by Gasteiger charge is -2.27. The van der Waals surface area contributed by atoms with Crippen molar-refractivity contribution < 1.29 is 4.74 Å². The summed E-state index contributed by atoms with van der Waals surface area (Å²) in [6.45, 7) is 0.601. The average Bonchev–Trinajstić information content (AvgIpc) is 2.89. The van der Waals surface area contributed by atoms with Gasteiger partial charge >= 0.3 is 0 Å². The van der Waals surface area contributed by atoms with Gasteiger partial charge in [-0.05, 0) is 29.8 Å². The Hall–Kier alpha value is -2.20. The first-order chi connectivity index (χ1) is 10.2. The van der Waals surface area contributed by atoms with Crippen molar-refractivity contribution in [3.63, 3.8) is 0 Å². The van der Waals surface area contributed by atoms with Crippen LogP contribution in [0.4, 0.5) is 5.69 Å². The standard InChI is InChI=1S/C16H16ClN3O/c1-21-12-6-4-5-11(9-12)15-10-19-16(18)20(15)14-8-3-2-7-13(14)17/h2-9,15H,10H2,1H3,(H2,18,19). The maximum absolute atomic E-state index is 6.30. The van der Waals surface area contributed by atoms with Crippen LogP contribution in [0.5, 0.6) is 5.75 Å². The van der Waals surface area contributed by atoms with Gasteiger partial charge in [-0.2, -0.15) is 0 Å². The minimum Gasteiger partial charge on any atom is -0.497 e. The molecule has 5 heteroatoms. The van der Waals surface area contributed by atoms with E-state index in [0.717, 1.165) is 17.0 Å². The molecule has 0 aromatic heterocycles. The molecule has 0 aliphatic carbocycles. The molecule has 1 heterocycles. The Morgan fingerprint density at radius 1 is 1.24 bits per heavy atom. The Morgan fingerprint density at radius 3 is 2.81 bits per heavy atom. The monoisotopic (exact) mass is 301 g/mol. The van der Waals surface area contributed by atoms with Gasteiger partial charge in [0.1, 0.15) is 5.75 Å². The molecule has 0 saturated carbocycles. The van der Waals surface area contributed by atoms with E-state index >= 15 is 0 Å². The molecule has 108 valence electrons. The van der Waals surface area contributed by atoms with Crippen LogP contribution in [0.3, 0.4) is 0 Å². The maximum atomic E-state index is 6.30. The quantitative estimate of drug-likeness (QED) is 0.947. The number of ether oxygens (including phenoxy) is 1. The molecule has 21 heavy (non-hydrogen) atoms. The fraction of sp³-hybridized carbons (Fsp3) is 0.188. The number of methoxy groups -OCH3 is 1. The van der Waals surface area contributed by atoms with Crippen molar-refractivity contribution >= 4 is 23.2 Å². The van der Waals surface area contributed by atoms with Crippen molar-refractivity contribution in [1.82, 2.24) is 0 Å². The fourth-order valence-corrected chi connectivity index (χ4v) is 2.77. The fourth-order valence-electron chi connectivity index (χ4n) is 2.54. The van der Waals surface area contributed by atoms with Crippen LogP contribution in [-0.4, -0.2) is 19.6 Å². The molecule has 1 unspecified atom stereocenters. The first kappa shape index (κ1) is 13.8. The van der Waals surface area contributed by atoms with Crippen LogP contribution >= 0.6 is 11.6 Å². The first-order valence-electron chi connectivity index (χ1n) is 6.68. The molecule has 2 aromatic carbocycles. The van der Waals surface area contributed by atoms with E-state index in [9.17, 15) is 0 Å². The molecular formula is C16H16ClN3O. The summed E-state index contributed by atoms with van der Waals surface area (Å²) < 4.78 is 5.29. The third-order valence-corrected chi connectivity index (χ3v) is 3.89. The van der Waals surface area contributed by atoms with Crippen LogP contribution in [-0.2, 0) is 0 Å². The predicted molar refractivity (Wildman–Crippen MR) is 86.2 cm³/mol. The molecular weight excluding hydrogens is 286 g/mol. The van der Waals surface area contributed by atoms with Gasteiger partial charge in [0.05, 0.1) is 30.4 Å². The third kappa shape index (κ3) is 2.54. The van der Waals surface area contributed by atoms with Gasteiger partial charge in [-0.15, -0.1) is 0 Å². The second-order valence-corrected chi connectivity index (χ2v) is 5.22. The number of rotatable bonds is 3. The maximum Gasteiger partial charge on any atom is 0.196 e. The number of anilines is 1. The number of aliphatic imine (C=N–C) groups is 1. The number of hydrogen-bond donors (Lipinski definition) is 1. The number of nitrogens with zero attached hydrogens (tertiary/aromatic N) is 2. The van der Waals surface area contributed by atoms with E-state index in [1.54, 1.807) is 7.11 Å². The largest absolute Gasteiger partial charge is 0.497 e. The Labute approximate surface area is 128 Å². The van der Waals surface area contributed by atoms with Gasteiger partial charge in [-0.3, -0.25) is 4.99 Å². The smallest absolute Gasteiger partial charge is 0.196 e. The minimum atomic E-state index is 0.0278. The van der Waals surface area contributed by atoms with Crippen LogP contribution in [0.15, 0.2) is 53.5 Å². The summed E-state index contributed by atoms with van der Waals surface area (Å²) >= 11 is 6.30. The van der Waals surface area contributed by atoms with E-state index in [2.05, 4.69) is 4.99 Å². The van der Waals surface area contributed by atoms with Gasteiger partial charge in [0.15, 0.2) is 5.96 Å². The van der Waals surface area contributed by atoms with Gasteiger partial charge in [0.25, 0.3) is 0 Å². The van der Waals surface area contributed by atoms with Gasteiger partial charge in [0, 0.05) is 0 Å². The van der Waals surface area contributed by atoms with E-state index in [1.807, 2.05) is 53.4 Å². The molecule has 0 amide bonds. The summed E-state index contributed by atoms with van der Waals surface area (Å²) in [7, 11) is 1.66. The van der Waals surface area contributed by atoms with Gasteiger partial charge in [-0.1, -0.05) is 35.9 Å². The number of guanidine groups is 1. The van der Waals surface area contributed by atoms with E-state index in [1.165, 1.54) is 0 Å². The summed E-state index contributed by atoms with van der Waals surface area (Å²) in [6, 6.07) is 15.6. The Bertz CT molecular complexity index is 687. The highest BCUT2D eigenvalue weighted by Gasteiger charge is 2.30. The molecule has 1 aliphatic heterocycles. The minimum absolute atomic E-state index is 0.0278. The predicted octanol–water partition coefficient (Wildman–Crippen LogP) is 3.22. The number of nitrogens with two attached hydrogens (primary N) is 1. The Morgan fingerprint density at radius 2 is 2.05 bits per heavy atom. The summed E-state index contributed by atoms with van der Waals surface area (Å²) in [4.78, 5) is 6.34. The van der Waals surface area contributed by atoms with Crippen molar-refractivity contribution in [3.8, 4) is 5.75 Å². The first-order valence-corrected chi connectivity index (χ1v) is 7.06. The van der Waals surface area contributed by atoms with E-state index in [-0.39, 0.29) is 6.04 Å². The van der Waals surface area contributed by atoms with E-state index in [0.29, 0.717) is 17.5 Å². The van der Waals surface area contributed by atoms with Crippen molar-refractivity contribution in [3.05, 3.63) is 59.1 Å². The lowest BCUT2D eigenvalue weighted by atomic mass is 10.1. The molecule has 4 nitrogen and oxygen atoms in total. The zero-order valence-electron chi connectivity index (χ0n) is 11.7. The van der Waals surface area contributed by atoms with Gasteiger partial charge in [0.2, 0.25) is 0 Å². The lowest BCUT2D eigenvalue weighted by molar-refractivity contribution is 0.414. The summed E-state index contributed by atoms with van der Waals surface area (Å²) in [6.07, 6.45) is 0. The summed E-state index contributed by atoms with van der Waals surface area (Å²) in [5.41, 5.74) is 8.03. The molecule has 0 saturated heterocycles. The van der Waals surface area contributed by atoms with Crippen LogP contribution in [0.2, 0.25) is 5.02 Å². The summed E-state index contributed by atoms with van der Waals surface area (Å²) in [5, 5.41) is 0.658. The highest BCUT2D eigenvalue weighted by atomic mass is 35.5.